The van der Waals surface area contributed by atoms with Crippen molar-refractivity contribution in [2.45, 2.75) is 33.7 Å². The topological polar surface area (TPSA) is 70.2 Å². The molecule has 0 aliphatic rings. The zero-order valence-electron chi connectivity index (χ0n) is 16.3. The summed E-state index contributed by atoms with van der Waals surface area (Å²) in [5, 5.41) is 8.57. The molecule has 7 heteroatoms. The molecule has 0 saturated carbocycles. The van der Waals surface area contributed by atoms with Gasteiger partial charge in [0.2, 0.25) is 5.91 Å². The van der Waals surface area contributed by atoms with Crippen molar-refractivity contribution < 1.29 is 14.0 Å². The lowest BCUT2D eigenvalue weighted by molar-refractivity contribution is -0.116. The molecule has 3 N–H and O–H groups in total. The van der Waals surface area contributed by atoms with Gasteiger partial charge >= 0.3 is 0 Å². The summed E-state index contributed by atoms with van der Waals surface area (Å²) in [4.78, 5) is 24.3. The summed E-state index contributed by atoms with van der Waals surface area (Å²) in [6, 6.07) is 11.5. The molecule has 0 aliphatic carbocycles. The number of hydrogen-bond donors (Lipinski definition) is 3. The van der Waals surface area contributed by atoms with Crippen LogP contribution >= 0.6 is 12.4 Å². The van der Waals surface area contributed by atoms with Crippen LogP contribution in [0.2, 0.25) is 0 Å². The van der Waals surface area contributed by atoms with Gasteiger partial charge in [-0.05, 0) is 42.3 Å². The largest absolute Gasteiger partial charge is 0.324 e. The van der Waals surface area contributed by atoms with Gasteiger partial charge in [-0.1, -0.05) is 39.0 Å². The van der Waals surface area contributed by atoms with Crippen LogP contribution in [-0.4, -0.2) is 18.4 Å². The summed E-state index contributed by atoms with van der Waals surface area (Å²) in [6.07, 6.45) is 0.310. The molecule has 0 atom stereocenters. The van der Waals surface area contributed by atoms with E-state index in [4.69, 9.17) is 0 Å². The zero-order chi connectivity index (χ0) is 19.8. The molecule has 0 radical (unpaired) electrons. The molecule has 0 aliphatic heterocycles. The highest BCUT2D eigenvalue weighted by Crippen LogP contribution is 2.20. The number of rotatable bonds is 8. The van der Waals surface area contributed by atoms with Gasteiger partial charge in [-0.15, -0.1) is 12.4 Å². The summed E-state index contributed by atoms with van der Waals surface area (Å²) in [6.45, 7) is 7.28. The molecule has 0 bridgehead atoms. The van der Waals surface area contributed by atoms with Crippen molar-refractivity contribution in [3.8, 4) is 0 Å². The van der Waals surface area contributed by atoms with Gasteiger partial charge < -0.3 is 16.0 Å². The maximum absolute atomic E-state index is 14.3. The number of para-hydroxylation sites is 1. The van der Waals surface area contributed by atoms with Crippen molar-refractivity contribution in [1.29, 1.82) is 0 Å². The molecule has 28 heavy (non-hydrogen) atoms. The van der Waals surface area contributed by atoms with Crippen LogP contribution in [0.4, 0.5) is 15.8 Å². The minimum atomic E-state index is -0.638. The highest BCUT2D eigenvalue weighted by molar-refractivity contribution is 6.05. The minimum absolute atomic E-state index is 0. The Morgan fingerprint density at radius 3 is 2.39 bits per heavy atom. The molecule has 2 aromatic carbocycles. The van der Waals surface area contributed by atoms with Gasteiger partial charge in [0, 0.05) is 24.2 Å². The van der Waals surface area contributed by atoms with E-state index >= 15 is 0 Å². The second-order valence-electron chi connectivity index (χ2n) is 6.73. The van der Waals surface area contributed by atoms with Crippen LogP contribution in [0, 0.1) is 11.7 Å². The van der Waals surface area contributed by atoms with Crippen molar-refractivity contribution in [2.24, 2.45) is 5.92 Å². The molecule has 0 fully saturated rings. The van der Waals surface area contributed by atoms with E-state index in [0.717, 1.165) is 18.2 Å². The number of carbonyl (C=O) groups is 2. The van der Waals surface area contributed by atoms with Gasteiger partial charge in [0.15, 0.2) is 0 Å². The van der Waals surface area contributed by atoms with Gasteiger partial charge in [0.25, 0.3) is 5.91 Å². The fraction of sp³-hybridized carbons (Fsp3) is 0.333. The van der Waals surface area contributed by atoms with E-state index in [2.05, 4.69) is 16.0 Å². The van der Waals surface area contributed by atoms with E-state index in [1.807, 2.05) is 39.0 Å². The number of hydrogen-bond acceptors (Lipinski definition) is 3. The Morgan fingerprint density at radius 1 is 1.04 bits per heavy atom. The van der Waals surface area contributed by atoms with Crippen molar-refractivity contribution in [1.82, 2.24) is 5.32 Å². The molecule has 152 valence electrons. The third kappa shape index (κ3) is 6.94. The van der Waals surface area contributed by atoms with Crippen molar-refractivity contribution in [2.75, 3.05) is 17.2 Å². The summed E-state index contributed by atoms with van der Waals surface area (Å²) in [5.41, 5.74) is 1.89. The smallest absolute Gasteiger partial charge is 0.255 e. The molecule has 2 rings (SSSR count). The molecular formula is C21H27ClFN3O2. The summed E-state index contributed by atoms with van der Waals surface area (Å²) in [5.74, 6) is -1.11. The number of halogens is 2. The summed E-state index contributed by atoms with van der Waals surface area (Å²) in [7, 11) is 0. The second kappa shape index (κ2) is 11.4. The quantitative estimate of drug-likeness (QED) is 0.599. The number of benzene rings is 2. The highest BCUT2D eigenvalue weighted by Gasteiger charge is 2.13. The van der Waals surface area contributed by atoms with E-state index in [1.54, 1.807) is 6.07 Å². The van der Waals surface area contributed by atoms with Gasteiger partial charge in [0.05, 0.1) is 5.69 Å². The Labute approximate surface area is 171 Å². The minimum Gasteiger partial charge on any atom is -0.324 e. The van der Waals surface area contributed by atoms with Gasteiger partial charge in [-0.25, -0.2) is 4.39 Å². The van der Waals surface area contributed by atoms with Crippen molar-refractivity contribution >= 4 is 35.6 Å². The standard InChI is InChI=1S/C21H26FN3O2.ClH/c1-4-23-13-16-7-5-6-8-18(16)25-21(27)15-9-10-19(17(22)12-15)24-20(26)11-14(2)3;/h5-10,12,14,23H,4,11,13H2,1-3H3,(H,24,26)(H,25,27);1H. The third-order valence-corrected chi connectivity index (χ3v) is 3.93. The predicted octanol–water partition coefficient (Wildman–Crippen LogP) is 4.59. The fourth-order valence-corrected chi connectivity index (χ4v) is 2.58. The SMILES string of the molecule is CCNCc1ccccc1NC(=O)c1ccc(NC(=O)CC(C)C)c(F)c1.Cl. The van der Waals surface area contributed by atoms with E-state index in [1.165, 1.54) is 12.1 Å². The molecule has 2 amide bonds. The maximum atomic E-state index is 14.3. The third-order valence-electron chi connectivity index (χ3n) is 3.93. The molecule has 0 saturated heterocycles. The van der Waals surface area contributed by atoms with Crippen LogP contribution in [0.1, 0.15) is 43.1 Å². The average molecular weight is 408 g/mol. The lowest BCUT2D eigenvalue weighted by Gasteiger charge is -2.12. The molecule has 5 nitrogen and oxygen atoms in total. The van der Waals surface area contributed by atoms with Gasteiger partial charge in [-0.2, -0.15) is 0 Å². The van der Waals surface area contributed by atoms with Crippen molar-refractivity contribution in [3.05, 3.63) is 59.4 Å². The lowest BCUT2D eigenvalue weighted by atomic mass is 10.1. The maximum Gasteiger partial charge on any atom is 0.255 e. The Kier molecular flexibility index (Phi) is 9.62. The van der Waals surface area contributed by atoms with E-state index in [9.17, 15) is 14.0 Å². The van der Waals surface area contributed by atoms with E-state index < -0.39 is 11.7 Å². The van der Waals surface area contributed by atoms with Crippen LogP contribution in [0.15, 0.2) is 42.5 Å². The molecule has 0 unspecified atom stereocenters. The predicted molar refractivity (Wildman–Crippen MR) is 114 cm³/mol. The average Bonchev–Trinajstić information content (AvgIpc) is 2.62. The highest BCUT2D eigenvalue weighted by atomic mass is 35.5. The van der Waals surface area contributed by atoms with E-state index in [0.29, 0.717) is 18.7 Å². The molecule has 0 heterocycles. The number of amides is 2. The van der Waals surface area contributed by atoms with E-state index in [-0.39, 0.29) is 35.5 Å². The van der Waals surface area contributed by atoms with Crippen LogP contribution in [0.3, 0.4) is 0 Å². The Hall–Kier alpha value is -2.44. The van der Waals surface area contributed by atoms with Crippen LogP contribution in [0.25, 0.3) is 0 Å². The molecule has 0 aromatic heterocycles. The van der Waals surface area contributed by atoms with Crippen molar-refractivity contribution in [3.63, 3.8) is 0 Å². The van der Waals surface area contributed by atoms with Crippen LogP contribution in [0.5, 0.6) is 0 Å². The number of anilines is 2. The Bertz CT molecular complexity index is 812. The number of carbonyl (C=O) groups excluding carboxylic acids is 2. The molecular weight excluding hydrogens is 381 g/mol. The first-order chi connectivity index (χ1) is 12.9. The van der Waals surface area contributed by atoms with Gasteiger partial charge in [-0.3, -0.25) is 9.59 Å². The molecule has 0 spiro atoms. The Morgan fingerprint density at radius 2 is 1.75 bits per heavy atom. The first-order valence-corrected chi connectivity index (χ1v) is 9.10. The fourth-order valence-electron chi connectivity index (χ4n) is 2.58. The zero-order valence-corrected chi connectivity index (χ0v) is 17.2. The monoisotopic (exact) mass is 407 g/mol. The lowest BCUT2D eigenvalue weighted by Crippen LogP contribution is -2.18. The summed E-state index contributed by atoms with van der Waals surface area (Å²) < 4.78 is 14.3. The summed E-state index contributed by atoms with van der Waals surface area (Å²) >= 11 is 0. The second-order valence-corrected chi connectivity index (χ2v) is 6.73. The normalized spacial score (nSPS) is 10.3. The molecule has 2 aromatic rings. The number of nitrogens with one attached hydrogen (secondary N) is 3. The first-order valence-electron chi connectivity index (χ1n) is 9.10. The van der Waals surface area contributed by atoms with Crippen LogP contribution in [-0.2, 0) is 11.3 Å². The Balaban J connectivity index is 0.00000392. The van der Waals surface area contributed by atoms with Gasteiger partial charge in [0.1, 0.15) is 5.82 Å². The van der Waals surface area contributed by atoms with Crippen LogP contribution < -0.4 is 16.0 Å². The first kappa shape index (κ1) is 23.6.